The van der Waals surface area contributed by atoms with E-state index in [4.69, 9.17) is 0 Å². The van der Waals surface area contributed by atoms with Gasteiger partial charge in [0, 0.05) is 5.41 Å². The SMILES string of the molecule is CC(C)C(C1CC1)(C1CC1)C(C)(C)O. The van der Waals surface area contributed by atoms with Crippen LogP contribution in [-0.2, 0) is 0 Å². The lowest BCUT2D eigenvalue weighted by Gasteiger charge is -2.48. The van der Waals surface area contributed by atoms with Crippen LogP contribution in [0.2, 0.25) is 0 Å². The summed E-state index contributed by atoms with van der Waals surface area (Å²) in [5, 5.41) is 10.5. The minimum absolute atomic E-state index is 0.215. The highest BCUT2D eigenvalue weighted by Crippen LogP contribution is 2.65. The third kappa shape index (κ3) is 1.32. The van der Waals surface area contributed by atoms with Gasteiger partial charge in [0.15, 0.2) is 0 Å². The Hall–Kier alpha value is -0.0400. The van der Waals surface area contributed by atoms with Gasteiger partial charge in [-0.3, -0.25) is 0 Å². The van der Waals surface area contributed by atoms with E-state index in [0.29, 0.717) is 5.92 Å². The first-order valence-corrected chi connectivity index (χ1v) is 6.13. The Balaban J connectivity index is 2.33. The smallest absolute Gasteiger partial charge is 0.0655 e. The topological polar surface area (TPSA) is 20.2 Å². The van der Waals surface area contributed by atoms with E-state index in [-0.39, 0.29) is 5.41 Å². The van der Waals surface area contributed by atoms with Gasteiger partial charge in [0.2, 0.25) is 0 Å². The van der Waals surface area contributed by atoms with Gasteiger partial charge in [0.1, 0.15) is 0 Å². The van der Waals surface area contributed by atoms with Gasteiger partial charge in [0.25, 0.3) is 0 Å². The Bertz CT molecular complexity index is 198. The van der Waals surface area contributed by atoms with Crippen molar-refractivity contribution in [1.82, 2.24) is 0 Å². The molecule has 1 N–H and O–H groups in total. The molecule has 2 fully saturated rings. The predicted octanol–water partition coefficient (Wildman–Crippen LogP) is 3.22. The maximum absolute atomic E-state index is 10.5. The highest BCUT2D eigenvalue weighted by atomic mass is 16.3. The fourth-order valence-electron chi connectivity index (χ4n) is 4.10. The van der Waals surface area contributed by atoms with Gasteiger partial charge < -0.3 is 5.11 Å². The second kappa shape index (κ2) is 2.98. The summed E-state index contributed by atoms with van der Waals surface area (Å²) in [6.07, 6.45) is 5.38. The van der Waals surface area contributed by atoms with Crippen LogP contribution in [0.5, 0.6) is 0 Å². The number of aliphatic hydroxyl groups is 1. The average molecular weight is 196 g/mol. The molecule has 2 aliphatic carbocycles. The van der Waals surface area contributed by atoms with E-state index in [1.807, 2.05) is 13.8 Å². The minimum atomic E-state index is -0.497. The van der Waals surface area contributed by atoms with Crippen LogP contribution in [0.4, 0.5) is 0 Å². The zero-order chi connectivity index (χ0) is 10.6. The zero-order valence-electron chi connectivity index (χ0n) is 10.0. The molecule has 0 amide bonds. The van der Waals surface area contributed by atoms with Gasteiger partial charge in [-0.05, 0) is 57.3 Å². The third-order valence-electron chi connectivity index (χ3n) is 4.52. The standard InChI is InChI=1S/C13H24O/c1-9(2)13(10-5-6-10,11-7-8-11)12(3,4)14/h9-11,14H,5-8H2,1-4H3. The summed E-state index contributed by atoms with van der Waals surface area (Å²) in [5.41, 5.74) is -0.281. The molecule has 0 saturated heterocycles. The van der Waals surface area contributed by atoms with Crippen molar-refractivity contribution in [2.45, 2.75) is 59.0 Å². The molecule has 0 radical (unpaired) electrons. The van der Waals surface area contributed by atoms with Crippen molar-refractivity contribution in [1.29, 1.82) is 0 Å². The van der Waals surface area contributed by atoms with Crippen molar-refractivity contribution in [2.75, 3.05) is 0 Å². The molecule has 0 spiro atoms. The number of hydrogen-bond acceptors (Lipinski definition) is 1. The van der Waals surface area contributed by atoms with Crippen molar-refractivity contribution in [2.24, 2.45) is 23.2 Å². The molecule has 1 heteroatoms. The molecule has 82 valence electrons. The Morgan fingerprint density at radius 1 is 1.00 bits per heavy atom. The predicted molar refractivity (Wildman–Crippen MR) is 59.0 cm³/mol. The lowest BCUT2D eigenvalue weighted by atomic mass is 9.59. The first-order chi connectivity index (χ1) is 6.40. The second-order valence-electron chi connectivity index (χ2n) is 6.20. The zero-order valence-corrected chi connectivity index (χ0v) is 10.0. The van der Waals surface area contributed by atoms with E-state index in [1.165, 1.54) is 25.7 Å². The van der Waals surface area contributed by atoms with E-state index < -0.39 is 5.60 Å². The molecule has 2 saturated carbocycles. The van der Waals surface area contributed by atoms with Crippen LogP contribution in [0, 0.1) is 23.2 Å². The van der Waals surface area contributed by atoms with Gasteiger partial charge >= 0.3 is 0 Å². The van der Waals surface area contributed by atoms with Crippen molar-refractivity contribution in [3.05, 3.63) is 0 Å². The normalized spacial score (nSPS) is 24.4. The van der Waals surface area contributed by atoms with Crippen molar-refractivity contribution in [3.63, 3.8) is 0 Å². The van der Waals surface area contributed by atoms with Crippen molar-refractivity contribution < 1.29 is 5.11 Å². The summed E-state index contributed by atoms with van der Waals surface area (Å²) in [6.45, 7) is 8.66. The molecule has 0 bridgehead atoms. The quantitative estimate of drug-likeness (QED) is 0.732. The Morgan fingerprint density at radius 2 is 1.36 bits per heavy atom. The van der Waals surface area contributed by atoms with E-state index in [1.54, 1.807) is 0 Å². The maximum atomic E-state index is 10.5. The molecular weight excluding hydrogens is 172 g/mol. The molecule has 0 aliphatic heterocycles. The van der Waals surface area contributed by atoms with Crippen LogP contribution in [-0.4, -0.2) is 10.7 Å². The Labute approximate surface area is 87.9 Å². The summed E-state index contributed by atoms with van der Waals surface area (Å²) in [7, 11) is 0. The molecule has 14 heavy (non-hydrogen) atoms. The van der Waals surface area contributed by atoms with Crippen molar-refractivity contribution in [3.8, 4) is 0 Å². The molecular formula is C13H24O. The highest BCUT2D eigenvalue weighted by Gasteiger charge is 2.62. The van der Waals surface area contributed by atoms with Gasteiger partial charge in [-0.15, -0.1) is 0 Å². The molecule has 0 aromatic carbocycles. The second-order valence-corrected chi connectivity index (χ2v) is 6.20. The molecule has 2 rings (SSSR count). The van der Waals surface area contributed by atoms with Crippen LogP contribution in [0.1, 0.15) is 53.4 Å². The first kappa shape index (κ1) is 10.5. The molecule has 0 unspecified atom stereocenters. The molecule has 0 aromatic heterocycles. The van der Waals surface area contributed by atoms with E-state index in [2.05, 4.69) is 13.8 Å². The lowest BCUT2D eigenvalue weighted by molar-refractivity contribution is -0.113. The average Bonchev–Trinajstić information content (AvgIpc) is 2.75. The largest absolute Gasteiger partial charge is 0.390 e. The van der Waals surface area contributed by atoms with E-state index in [9.17, 15) is 5.11 Å². The van der Waals surface area contributed by atoms with Crippen LogP contribution < -0.4 is 0 Å². The van der Waals surface area contributed by atoms with Gasteiger partial charge in [0.05, 0.1) is 5.60 Å². The van der Waals surface area contributed by atoms with Gasteiger partial charge in [-0.25, -0.2) is 0 Å². The number of rotatable bonds is 4. The minimum Gasteiger partial charge on any atom is -0.390 e. The molecule has 2 aliphatic rings. The van der Waals surface area contributed by atoms with Gasteiger partial charge in [-0.2, -0.15) is 0 Å². The lowest BCUT2D eigenvalue weighted by Crippen LogP contribution is -2.50. The third-order valence-corrected chi connectivity index (χ3v) is 4.52. The first-order valence-electron chi connectivity index (χ1n) is 6.13. The highest BCUT2D eigenvalue weighted by molar-refractivity contribution is 5.11. The fourth-order valence-corrected chi connectivity index (χ4v) is 4.10. The fraction of sp³-hybridized carbons (Fsp3) is 1.00. The van der Waals surface area contributed by atoms with Crippen LogP contribution in [0.15, 0.2) is 0 Å². The van der Waals surface area contributed by atoms with Gasteiger partial charge in [-0.1, -0.05) is 13.8 Å². The molecule has 0 atom stereocenters. The van der Waals surface area contributed by atoms with E-state index in [0.717, 1.165) is 11.8 Å². The van der Waals surface area contributed by atoms with Crippen LogP contribution in [0.3, 0.4) is 0 Å². The van der Waals surface area contributed by atoms with E-state index >= 15 is 0 Å². The summed E-state index contributed by atoms with van der Waals surface area (Å²) in [4.78, 5) is 0. The van der Waals surface area contributed by atoms with Crippen LogP contribution in [0.25, 0.3) is 0 Å². The summed E-state index contributed by atoms with van der Waals surface area (Å²) in [5.74, 6) is 2.22. The number of hydrogen-bond donors (Lipinski definition) is 1. The molecule has 1 nitrogen and oxygen atoms in total. The Morgan fingerprint density at radius 3 is 1.50 bits per heavy atom. The monoisotopic (exact) mass is 196 g/mol. The summed E-state index contributed by atoms with van der Waals surface area (Å²) in [6, 6.07) is 0. The summed E-state index contributed by atoms with van der Waals surface area (Å²) < 4.78 is 0. The molecule has 0 heterocycles. The Kier molecular flexibility index (Phi) is 2.23. The summed E-state index contributed by atoms with van der Waals surface area (Å²) >= 11 is 0. The van der Waals surface area contributed by atoms with Crippen molar-refractivity contribution >= 4 is 0 Å². The van der Waals surface area contributed by atoms with Crippen LogP contribution >= 0.6 is 0 Å². The maximum Gasteiger partial charge on any atom is 0.0655 e. The molecule has 0 aromatic rings.